The SMILES string of the molecule is C#Cc1c(F)ccc2cc(NC(=O)OC(C)(C)C)cc(-c3ncc4c(N5CC6CCC(C5)N6C(=O)OC(C)(C)C)nc(C#N)c(C)c4c3F)c12. The fourth-order valence-electron chi connectivity index (χ4n) is 6.88. The summed E-state index contributed by atoms with van der Waals surface area (Å²) in [5.41, 5.74) is -0.943. The lowest BCUT2D eigenvalue weighted by atomic mass is 9.94. The minimum absolute atomic E-state index is 0.0334. The van der Waals surface area contributed by atoms with Gasteiger partial charge in [-0.3, -0.25) is 15.2 Å². The van der Waals surface area contributed by atoms with Gasteiger partial charge < -0.3 is 14.4 Å². The number of ether oxygens (including phenoxy) is 2. The van der Waals surface area contributed by atoms with Crippen molar-refractivity contribution in [2.24, 2.45) is 0 Å². The van der Waals surface area contributed by atoms with Gasteiger partial charge in [0.05, 0.1) is 17.6 Å². The summed E-state index contributed by atoms with van der Waals surface area (Å²) in [6, 6.07) is 7.54. The van der Waals surface area contributed by atoms with Crippen molar-refractivity contribution in [3.8, 4) is 29.7 Å². The number of terminal acetylenes is 1. The third kappa shape index (κ3) is 6.34. The highest BCUT2D eigenvalue weighted by molar-refractivity contribution is 6.06. The van der Waals surface area contributed by atoms with E-state index < -0.39 is 28.9 Å². The molecule has 2 aliphatic heterocycles. The summed E-state index contributed by atoms with van der Waals surface area (Å²) in [4.78, 5) is 38.8. The molecule has 12 heteroatoms. The lowest BCUT2D eigenvalue weighted by Crippen LogP contribution is -2.57. The van der Waals surface area contributed by atoms with Crippen LogP contribution in [0.5, 0.6) is 0 Å². The molecule has 2 aromatic heterocycles. The molecule has 2 aliphatic rings. The molecule has 0 saturated carbocycles. The monoisotopic (exact) mass is 680 g/mol. The van der Waals surface area contributed by atoms with Crippen LogP contribution in [-0.4, -0.2) is 63.4 Å². The van der Waals surface area contributed by atoms with Crippen LogP contribution in [0.4, 0.5) is 29.9 Å². The standard InChI is InChI=1S/C38H38F2N6O4/c1-9-25-28(39)13-10-21-14-22(43-35(47)49-37(3,4)5)15-26(31(21)25)33-32(40)30-20(2)29(16-41)44-34(27(30)17-42-33)45-18-23-11-12-24(19-45)46(23)36(48)50-38(6,7)8/h1,10,13-15,17,23-24H,11-12,18-19H2,2-8H3,(H,43,47). The van der Waals surface area contributed by atoms with Crippen molar-refractivity contribution < 1.29 is 27.8 Å². The smallest absolute Gasteiger partial charge is 0.412 e. The molecule has 4 aromatic rings. The largest absolute Gasteiger partial charge is 0.444 e. The molecule has 2 saturated heterocycles. The molecular weight excluding hydrogens is 642 g/mol. The van der Waals surface area contributed by atoms with Gasteiger partial charge in [-0.25, -0.2) is 23.4 Å². The number of amides is 2. The van der Waals surface area contributed by atoms with Crippen LogP contribution in [0, 0.1) is 42.2 Å². The number of carbonyl (C=O) groups excluding carboxylic acids is 2. The van der Waals surface area contributed by atoms with E-state index in [9.17, 15) is 14.9 Å². The number of halogens is 2. The maximum absolute atomic E-state index is 17.1. The Labute approximate surface area is 289 Å². The Morgan fingerprint density at radius 3 is 2.28 bits per heavy atom. The number of carbonyl (C=O) groups is 2. The number of aromatic nitrogens is 2. The van der Waals surface area contributed by atoms with Crippen molar-refractivity contribution >= 4 is 45.2 Å². The first-order valence-electron chi connectivity index (χ1n) is 16.4. The first-order valence-corrected chi connectivity index (χ1v) is 16.4. The molecule has 0 radical (unpaired) electrons. The molecule has 6 rings (SSSR count). The Bertz CT molecular complexity index is 2140. The molecule has 2 atom stereocenters. The minimum Gasteiger partial charge on any atom is -0.444 e. The van der Waals surface area contributed by atoms with Gasteiger partial charge in [-0.15, -0.1) is 6.42 Å². The van der Waals surface area contributed by atoms with Crippen LogP contribution in [0.1, 0.15) is 71.2 Å². The lowest BCUT2D eigenvalue weighted by molar-refractivity contribution is 0.0122. The highest BCUT2D eigenvalue weighted by atomic mass is 19.1. The Kier molecular flexibility index (Phi) is 8.55. The fraction of sp³-hybridized carbons (Fsp3) is 0.395. The average molecular weight is 681 g/mol. The first kappa shape index (κ1) is 34.4. The van der Waals surface area contributed by atoms with Crippen LogP contribution < -0.4 is 10.2 Å². The van der Waals surface area contributed by atoms with Gasteiger partial charge in [0.25, 0.3) is 0 Å². The summed E-state index contributed by atoms with van der Waals surface area (Å²) in [6.07, 6.45) is 7.66. The third-order valence-electron chi connectivity index (χ3n) is 8.81. The van der Waals surface area contributed by atoms with E-state index in [1.165, 1.54) is 24.4 Å². The average Bonchev–Trinajstić information content (AvgIpc) is 3.29. The van der Waals surface area contributed by atoms with Crippen molar-refractivity contribution in [2.75, 3.05) is 23.3 Å². The maximum atomic E-state index is 17.1. The molecule has 2 fully saturated rings. The molecule has 10 nitrogen and oxygen atoms in total. The summed E-state index contributed by atoms with van der Waals surface area (Å²) < 4.78 is 43.3. The number of hydrogen-bond acceptors (Lipinski definition) is 8. The zero-order valence-corrected chi connectivity index (χ0v) is 29.1. The van der Waals surface area contributed by atoms with Crippen LogP contribution in [0.3, 0.4) is 0 Å². The number of rotatable bonds is 3. The van der Waals surface area contributed by atoms with Crippen molar-refractivity contribution in [3.05, 3.63) is 58.9 Å². The van der Waals surface area contributed by atoms with Gasteiger partial charge in [-0.2, -0.15) is 5.26 Å². The molecule has 1 N–H and O–H groups in total. The number of nitrogens with one attached hydrogen (secondary N) is 1. The number of fused-ring (bicyclic) bond motifs is 4. The number of aryl methyl sites for hydroxylation is 1. The van der Waals surface area contributed by atoms with Gasteiger partial charge in [0.15, 0.2) is 5.82 Å². The maximum Gasteiger partial charge on any atom is 0.412 e. The summed E-state index contributed by atoms with van der Waals surface area (Å²) in [5.74, 6) is 1.32. The normalized spacial score (nSPS) is 17.4. The van der Waals surface area contributed by atoms with Gasteiger partial charge in [0.2, 0.25) is 0 Å². The Morgan fingerprint density at radius 2 is 1.68 bits per heavy atom. The molecular formula is C38H38F2N6O4. The predicted octanol–water partition coefficient (Wildman–Crippen LogP) is 7.82. The second-order valence-corrected chi connectivity index (χ2v) is 14.7. The summed E-state index contributed by atoms with van der Waals surface area (Å²) >= 11 is 0. The van der Waals surface area contributed by atoms with Crippen LogP contribution in [0.25, 0.3) is 32.8 Å². The Balaban J connectivity index is 1.49. The number of anilines is 2. The molecule has 258 valence electrons. The van der Waals surface area contributed by atoms with Gasteiger partial charge in [0.1, 0.15) is 40.3 Å². The topological polar surface area (TPSA) is 121 Å². The number of pyridine rings is 2. The molecule has 0 aliphatic carbocycles. The molecule has 2 aromatic carbocycles. The van der Waals surface area contributed by atoms with Gasteiger partial charge >= 0.3 is 12.2 Å². The number of piperazine rings is 1. The van der Waals surface area contributed by atoms with Crippen molar-refractivity contribution in [3.63, 3.8) is 0 Å². The summed E-state index contributed by atoms with van der Waals surface area (Å²) in [5, 5.41) is 13.9. The minimum atomic E-state index is -0.779. The molecule has 0 spiro atoms. The van der Waals surface area contributed by atoms with Crippen LogP contribution >= 0.6 is 0 Å². The molecule has 4 heterocycles. The van der Waals surface area contributed by atoms with E-state index in [0.717, 1.165) is 12.8 Å². The van der Waals surface area contributed by atoms with Crippen molar-refractivity contribution in [1.82, 2.24) is 14.9 Å². The van der Waals surface area contributed by atoms with Gasteiger partial charge in [-0.1, -0.05) is 12.0 Å². The zero-order chi connectivity index (χ0) is 36.3. The molecule has 2 amide bonds. The molecule has 2 bridgehead atoms. The van der Waals surface area contributed by atoms with E-state index in [2.05, 4.69) is 27.3 Å². The predicted molar refractivity (Wildman–Crippen MR) is 187 cm³/mol. The number of nitriles is 1. The summed E-state index contributed by atoms with van der Waals surface area (Å²) in [7, 11) is 0. The Hall–Kier alpha value is -5.49. The quantitative estimate of drug-likeness (QED) is 0.218. The number of nitrogens with zero attached hydrogens (tertiary/aromatic N) is 5. The van der Waals surface area contributed by atoms with E-state index in [1.54, 1.807) is 38.7 Å². The highest BCUT2D eigenvalue weighted by Crippen LogP contribution is 2.41. The highest BCUT2D eigenvalue weighted by Gasteiger charge is 2.45. The van der Waals surface area contributed by atoms with Crippen LogP contribution in [0.2, 0.25) is 0 Å². The molecule has 50 heavy (non-hydrogen) atoms. The van der Waals surface area contributed by atoms with E-state index in [4.69, 9.17) is 15.9 Å². The summed E-state index contributed by atoms with van der Waals surface area (Å²) in [6.45, 7) is 13.1. The molecule has 2 unspecified atom stereocenters. The second-order valence-electron chi connectivity index (χ2n) is 14.7. The van der Waals surface area contributed by atoms with Crippen LogP contribution in [-0.2, 0) is 9.47 Å². The third-order valence-corrected chi connectivity index (χ3v) is 8.81. The zero-order valence-electron chi connectivity index (χ0n) is 29.1. The van der Waals surface area contributed by atoms with Gasteiger partial charge in [0, 0.05) is 46.7 Å². The second kappa shape index (κ2) is 12.4. The number of hydrogen-bond donors (Lipinski definition) is 1. The van der Waals surface area contributed by atoms with E-state index in [1.807, 2.05) is 25.7 Å². The van der Waals surface area contributed by atoms with Crippen LogP contribution in [0.15, 0.2) is 30.5 Å². The fourth-order valence-corrected chi connectivity index (χ4v) is 6.88. The van der Waals surface area contributed by atoms with Crippen molar-refractivity contribution in [1.29, 1.82) is 5.26 Å². The lowest BCUT2D eigenvalue weighted by Gasteiger charge is -2.42. The van der Waals surface area contributed by atoms with Crippen molar-refractivity contribution in [2.45, 2.75) is 84.6 Å². The van der Waals surface area contributed by atoms with E-state index in [0.29, 0.717) is 35.2 Å². The van der Waals surface area contributed by atoms with Gasteiger partial charge in [-0.05, 0) is 90.5 Å². The van der Waals surface area contributed by atoms with E-state index >= 15 is 8.78 Å². The Morgan fingerprint density at radius 1 is 1.02 bits per heavy atom. The first-order chi connectivity index (χ1) is 23.5. The number of benzene rings is 2. The van der Waals surface area contributed by atoms with E-state index in [-0.39, 0.29) is 57.2 Å².